The van der Waals surface area contributed by atoms with Crippen LogP contribution in [-0.2, 0) is 0 Å². The zero-order valence-corrected chi connectivity index (χ0v) is 6.98. The van der Waals surface area contributed by atoms with E-state index in [1.807, 2.05) is 0 Å². The first-order valence-electron chi connectivity index (χ1n) is 4.08. The van der Waals surface area contributed by atoms with E-state index in [-0.39, 0.29) is 6.10 Å². The average Bonchev–Trinajstić information content (AvgIpc) is 2.05. The second-order valence-corrected chi connectivity index (χ2v) is 3.43. The van der Waals surface area contributed by atoms with Gasteiger partial charge in [0.1, 0.15) is 0 Å². The van der Waals surface area contributed by atoms with Gasteiger partial charge in [0.2, 0.25) is 0 Å². The molecular weight excluding hydrogens is 148 g/mol. The van der Waals surface area contributed by atoms with Gasteiger partial charge in [-0.2, -0.15) is 0 Å². The minimum Gasteiger partial charge on any atom is -0.392 e. The zero-order valence-electron chi connectivity index (χ0n) is 6.22. The molecule has 0 aromatic carbocycles. The first-order valence-corrected chi connectivity index (χ1v) is 4.62. The van der Waals surface area contributed by atoms with Crippen LogP contribution in [0.3, 0.4) is 0 Å². The summed E-state index contributed by atoms with van der Waals surface area (Å²) in [5.41, 5.74) is 0. The van der Waals surface area contributed by atoms with Crippen molar-refractivity contribution in [3.8, 4) is 0 Å². The molecule has 1 saturated carbocycles. The first-order chi connectivity index (χ1) is 4.84. The predicted molar refractivity (Wildman–Crippen MR) is 43.3 cm³/mol. The maximum Gasteiger partial charge on any atom is 0.0703 e. The molecule has 1 fully saturated rings. The molecule has 0 aromatic heterocycles. The van der Waals surface area contributed by atoms with Crippen molar-refractivity contribution in [3.05, 3.63) is 0 Å². The fourth-order valence-electron chi connectivity index (χ4n) is 1.64. The lowest BCUT2D eigenvalue weighted by molar-refractivity contribution is 0.104. The van der Waals surface area contributed by atoms with Gasteiger partial charge in [0.05, 0.1) is 6.10 Å². The van der Waals surface area contributed by atoms with Crippen molar-refractivity contribution in [1.29, 1.82) is 0 Å². The molecule has 0 aromatic rings. The number of aliphatic hydroxyl groups is 1. The van der Waals surface area contributed by atoms with Crippen molar-refractivity contribution in [1.82, 2.24) is 0 Å². The van der Waals surface area contributed by atoms with Gasteiger partial charge >= 0.3 is 0 Å². The quantitative estimate of drug-likeness (QED) is 0.618. The highest BCUT2D eigenvalue weighted by Crippen LogP contribution is 2.26. The third kappa shape index (κ3) is 2.14. The topological polar surface area (TPSA) is 20.2 Å². The third-order valence-electron chi connectivity index (χ3n) is 2.35. The molecule has 0 heterocycles. The fraction of sp³-hybridized carbons (Fsp3) is 1.00. The molecule has 0 radical (unpaired) electrons. The maximum absolute atomic E-state index is 9.35. The normalized spacial score (nSPS) is 24.6. The number of aliphatic hydroxyl groups excluding tert-OH is 1. The first kappa shape index (κ1) is 8.35. The number of alkyl halides is 1. The Bertz CT molecular complexity index is 89.3. The van der Waals surface area contributed by atoms with E-state index in [0.717, 1.165) is 0 Å². The van der Waals surface area contributed by atoms with Crippen LogP contribution >= 0.6 is 11.6 Å². The van der Waals surface area contributed by atoms with Gasteiger partial charge < -0.3 is 5.11 Å². The van der Waals surface area contributed by atoms with Crippen molar-refractivity contribution in [2.24, 2.45) is 5.92 Å². The van der Waals surface area contributed by atoms with Gasteiger partial charge in [0.15, 0.2) is 0 Å². The van der Waals surface area contributed by atoms with Gasteiger partial charge in [-0.25, -0.2) is 0 Å². The van der Waals surface area contributed by atoms with E-state index in [1.54, 1.807) is 0 Å². The van der Waals surface area contributed by atoms with E-state index in [0.29, 0.717) is 11.8 Å². The summed E-state index contributed by atoms with van der Waals surface area (Å²) in [6.07, 6.45) is 5.99. The smallest absolute Gasteiger partial charge is 0.0703 e. The lowest BCUT2D eigenvalue weighted by atomic mass is 9.86. The molecule has 0 bridgehead atoms. The van der Waals surface area contributed by atoms with Crippen LogP contribution in [0.4, 0.5) is 0 Å². The lowest BCUT2D eigenvalue weighted by Gasteiger charge is -2.24. The summed E-state index contributed by atoms with van der Waals surface area (Å²) in [5.74, 6) is 0.899. The number of hydrogen-bond acceptors (Lipinski definition) is 1. The Morgan fingerprint density at radius 3 is 2.40 bits per heavy atom. The van der Waals surface area contributed by atoms with Crippen LogP contribution in [0, 0.1) is 5.92 Å². The molecule has 1 N–H and O–H groups in total. The van der Waals surface area contributed by atoms with Gasteiger partial charge in [-0.3, -0.25) is 0 Å². The maximum atomic E-state index is 9.35. The van der Waals surface area contributed by atoms with Crippen LogP contribution in [0.15, 0.2) is 0 Å². The van der Waals surface area contributed by atoms with Crippen molar-refractivity contribution in [3.63, 3.8) is 0 Å². The SMILES string of the molecule is OC(CCl)C1CCCCC1. The molecule has 2 heteroatoms. The minimum absolute atomic E-state index is 0.248. The molecule has 60 valence electrons. The second kappa shape index (κ2) is 4.20. The Balaban J connectivity index is 2.24. The van der Waals surface area contributed by atoms with Gasteiger partial charge in [-0.1, -0.05) is 19.3 Å². The molecule has 1 nitrogen and oxygen atoms in total. The summed E-state index contributed by atoms with van der Waals surface area (Å²) in [6, 6.07) is 0. The molecule has 0 amide bonds. The monoisotopic (exact) mass is 162 g/mol. The Morgan fingerprint density at radius 1 is 1.30 bits per heavy atom. The van der Waals surface area contributed by atoms with E-state index in [2.05, 4.69) is 0 Å². The molecule has 1 rings (SSSR count). The fourth-order valence-corrected chi connectivity index (χ4v) is 1.90. The van der Waals surface area contributed by atoms with Crippen LogP contribution in [0.5, 0.6) is 0 Å². The van der Waals surface area contributed by atoms with Crippen molar-refractivity contribution < 1.29 is 5.11 Å². The Hall–Kier alpha value is 0.250. The van der Waals surface area contributed by atoms with Crippen molar-refractivity contribution >= 4 is 11.6 Å². The van der Waals surface area contributed by atoms with Gasteiger partial charge in [0.25, 0.3) is 0 Å². The standard InChI is InChI=1S/C8H15ClO/c9-6-8(10)7-4-2-1-3-5-7/h7-8,10H,1-6H2. The highest BCUT2D eigenvalue weighted by atomic mass is 35.5. The van der Waals surface area contributed by atoms with Crippen LogP contribution in [-0.4, -0.2) is 17.1 Å². The molecule has 1 atom stereocenters. The summed E-state index contributed by atoms with van der Waals surface area (Å²) in [5, 5.41) is 9.35. The molecule has 0 saturated heterocycles. The second-order valence-electron chi connectivity index (χ2n) is 3.12. The molecule has 1 unspecified atom stereocenters. The summed E-state index contributed by atoms with van der Waals surface area (Å²) < 4.78 is 0. The summed E-state index contributed by atoms with van der Waals surface area (Å²) in [6.45, 7) is 0. The molecule has 1 aliphatic carbocycles. The van der Waals surface area contributed by atoms with Crippen LogP contribution in [0.2, 0.25) is 0 Å². The van der Waals surface area contributed by atoms with Crippen LogP contribution < -0.4 is 0 Å². The van der Waals surface area contributed by atoms with E-state index >= 15 is 0 Å². The molecule has 0 aliphatic heterocycles. The largest absolute Gasteiger partial charge is 0.392 e. The van der Waals surface area contributed by atoms with Crippen molar-refractivity contribution in [2.75, 3.05) is 5.88 Å². The van der Waals surface area contributed by atoms with Crippen LogP contribution in [0.1, 0.15) is 32.1 Å². The molecular formula is C8H15ClO. The molecule has 1 aliphatic rings. The summed E-state index contributed by atoms with van der Waals surface area (Å²) in [4.78, 5) is 0. The van der Waals surface area contributed by atoms with Gasteiger partial charge in [-0.15, -0.1) is 11.6 Å². The number of hydrogen-bond donors (Lipinski definition) is 1. The number of halogens is 1. The van der Waals surface area contributed by atoms with Gasteiger partial charge in [-0.05, 0) is 18.8 Å². The summed E-state index contributed by atoms with van der Waals surface area (Å²) in [7, 11) is 0. The van der Waals surface area contributed by atoms with E-state index in [9.17, 15) is 5.11 Å². The van der Waals surface area contributed by atoms with Crippen LogP contribution in [0.25, 0.3) is 0 Å². The minimum atomic E-state index is -0.248. The van der Waals surface area contributed by atoms with E-state index < -0.39 is 0 Å². The highest BCUT2D eigenvalue weighted by Gasteiger charge is 2.20. The average molecular weight is 163 g/mol. The Kier molecular flexibility index (Phi) is 3.50. The van der Waals surface area contributed by atoms with E-state index in [4.69, 9.17) is 11.6 Å². The zero-order chi connectivity index (χ0) is 7.40. The van der Waals surface area contributed by atoms with E-state index in [1.165, 1.54) is 32.1 Å². The highest BCUT2D eigenvalue weighted by molar-refractivity contribution is 6.18. The predicted octanol–water partition coefficient (Wildman–Crippen LogP) is 2.17. The molecule has 0 spiro atoms. The Morgan fingerprint density at radius 2 is 1.90 bits per heavy atom. The molecule has 10 heavy (non-hydrogen) atoms. The number of rotatable bonds is 2. The Labute approximate surface area is 67.4 Å². The third-order valence-corrected chi connectivity index (χ3v) is 2.67. The summed E-state index contributed by atoms with van der Waals surface area (Å²) >= 11 is 5.54. The van der Waals surface area contributed by atoms with Gasteiger partial charge in [0, 0.05) is 5.88 Å². The lowest BCUT2D eigenvalue weighted by Crippen LogP contribution is -2.23. The van der Waals surface area contributed by atoms with Crippen molar-refractivity contribution in [2.45, 2.75) is 38.2 Å².